The number of thioether (sulfide) groups is 1. The van der Waals surface area contributed by atoms with E-state index < -0.39 is 0 Å². The summed E-state index contributed by atoms with van der Waals surface area (Å²) in [5, 5.41) is 8.94. The lowest BCUT2D eigenvalue weighted by Crippen LogP contribution is -2.27. The molecule has 2 aromatic carbocycles. The van der Waals surface area contributed by atoms with Crippen molar-refractivity contribution in [2.75, 3.05) is 18.0 Å². The molecule has 4 rings (SSSR count). The summed E-state index contributed by atoms with van der Waals surface area (Å²) in [6.45, 7) is 4.31. The standard InChI is InChI=1S/C23H21N3O2S/c1-16-12-20(25-10-4-5-11-25)9-8-17(16)13-21-22(27)26(23(28)29-21)15-19-7-3-2-6-18(19)14-24/h2-3,6-9,12-13H,4-5,10-11,15H2,1H3/b21-13+. The molecule has 0 aromatic heterocycles. The summed E-state index contributed by atoms with van der Waals surface area (Å²) < 4.78 is 0. The molecule has 0 aliphatic carbocycles. The first-order chi connectivity index (χ1) is 14.1. The molecule has 2 amide bonds. The molecule has 146 valence electrons. The van der Waals surface area contributed by atoms with Gasteiger partial charge in [-0.3, -0.25) is 14.5 Å². The van der Waals surface area contributed by atoms with E-state index in [0.717, 1.165) is 36.0 Å². The quantitative estimate of drug-likeness (QED) is 0.692. The number of carbonyl (C=O) groups is 2. The normalized spacial score (nSPS) is 18.0. The first-order valence-corrected chi connectivity index (χ1v) is 10.5. The van der Waals surface area contributed by atoms with Crippen molar-refractivity contribution in [3.05, 3.63) is 69.6 Å². The predicted molar refractivity (Wildman–Crippen MR) is 115 cm³/mol. The fourth-order valence-corrected chi connectivity index (χ4v) is 4.54. The molecule has 2 aliphatic rings. The van der Waals surface area contributed by atoms with Crippen LogP contribution in [0.4, 0.5) is 10.5 Å². The van der Waals surface area contributed by atoms with Gasteiger partial charge in [-0.1, -0.05) is 24.3 Å². The maximum absolute atomic E-state index is 12.8. The number of anilines is 1. The monoisotopic (exact) mass is 403 g/mol. The SMILES string of the molecule is Cc1cc(N2CCCC2)ccc1/C=C1/SC(=O)N(Cc2ccccc2C#N)C1=O. The zero-order chi connectivity index (χ0) is 20.4. The largest absolute Gasteiger partial charge is 0.372 e. The molecule has 2 saturated heterocycles. The minimum atomic E-state index is -0.309. The summed E-state index contributed by atoms with van der Waals surface area (Å²) in [7, 11) is 0. The maximum Gasteiger partial charge on any atom is 0.293 e. The van der Waals surface area contributed by atoms with Crippen LogP contribution in [0.15, 0.2) is 47.4 Å². The van der Waals surface area contributed by atoms with Gasteiger partial charge in [-0.05, 0) is 72.5 Å². The topological polar surface area (TPSA) is 64.4 Å². The Morgan fingerprint density at radius 2 is 1.90 bits per heavy atom. The van der Waals surface area contributed by atoms with Crippen LogP contribution in [0.3, 0.4) is 0 Å². The smallest absolute Gasteiger partial charge is 0.293 e. The lowest BCUT2D eigenvalue weighted by atomic mass is 10.1. The molecule has 2 heterocycles. The third-order valence-corrected chi connectivity index (χ3v) is 6.26. The fraction of sp³-hybridized carbons (Fsp3) is 0.261. The van der Waals surface area contributed by atoms with Crippen LogP contribution in [0.25, 0.3) is 6.08 Å². The summed E-state index contributed by atoms with van der Waals surface area (Å²) >= 11 is 0.953. The molecule has 2 fully saturated rings. The van der Waals surface area contributed by atoms with E-state index in [4.69, 9.17) is 0 Å². The van der Waals surface area contributed by atoms with E-state index in [1.807, 2.05) is 13.0 Å². The second-order valence-corrected chi connectivity index (χ2v) is 8.27. The van der Waals surface area contributed by atoms with Crippen LogP contribution < -0.4 is 4.90 Å². The molecule has 0 spiro atoms. The van der Waals surface area contributed by atoms with Crippen LogP contribution in [-0.4, -0.2) is 29.1 Å². The first kappa shape index (κ1) is 19.3. The van der Waals surface area contributed by atoms with Gasteiger partial charge in [-0.2, -0.15) is 5.26 Å². The highest BCUT2D eigenvalue weighted by molar-refractivity contribution is 8.18. The zero-order valence-electron chi connectivity index (χ0n) is 16.2. The Balaban J connectivity index is 1.55. The Morgan fingerprint density at radius 3 is 2.62 bits per heavy atom. The van der Waals surface area contributed by atoms with Crippen molar-refractivity contribution < 1.29 is 9.59 Å². The molecule has 0 atom stereocenters. The van der Waals surface area contributed by atoms with Gasteiger partial charge in [0.15, 0.2) is 0 Å². The first-order valence-electron chi connectivity index (χ1n) is 9.66. The number of carbonyl (C=O) groups excluding carboxylic acids is 2. The van der Waals surface area contributed by atoms with Gasteiger partial charge in [0, 0.05) is 18.8 Å². The molecule has 0 saturated carbocycles. The van der Waals surface area contributed by atoms with Crippen LogP contribution in [0, 0.1) is 18.3 Å². The number of rotatable bonds is 4. The molecule has 0 unspecified atom stereocenters. The van der Waals surface area contributed by atoms with Gasteiger partial charge in [-0.25, -0.2) is 0 Å². The lowest BCUT2D eigenvalue weighted by molar-refractivity contribution is -0.123. The molecule has 6 heteroatoms. The highest BCUT2D eigenvalue weighted by atomic mass is 32.2. The Kier molecular flexibility index (Phi) is 5.41. The number of aryl methyl sites for hydroxylation is 1. The number of benzene rings is 2. The summed E-state index contributed by atoms with van der Waals surface area (Å²) in [4.78, 5) is 29.3. The second-order valence-electron chi connectivity index (χ2n) is 7.27. The van der Waals surface area contributed by atoms with Gasteiger partial charge in [-0.15, -0.1) is 0 Å². The van der Waals surface area contributed by atoms with Crippen molar-refractivity contribution in [2.45, 2.75) is 26.3 Å². The van der Waals surface area contributed by atoms with Crippen molar-refractivity contribution in [3.63, 3.8) is 0 Å². The van der Waals surface area contributed by atoms with Crippen molar-refractivity contribution >= 4 is 34.7 Å². The molecule has 5 nitrogen and oxygen atoms in total. The van der Waals surface area contributed by atoms with Crippen LogP contribution in [0.5, 0.6) is 0 Å². The van der Waals surface area contributed by atoms with Crippen LogP contribution in [-0.2, 0) is 11.3 Å². The number of imide groups is 1. The summed E-state index contributed by atoms with van der Waals surface area (Å²) in [5.41, 5.74) is 4.37. The van der Waals surface area contributed by atoms with E-state index in [0.29, 0.717) is 16.0 Å². The Labute approximate surface area is 174 Å². The van der Waals surface area contributed by atoms with Gasteiger partial charge in [0.05, 0.1) is 23.1 Å². The molecule has 29 heavy (non-hydrogen) atoms. The average Bonchev–Trinajstić information content (AvgIpc) is 3.35. The molecular weight excluding hydrogens is 382 g/mol. The zero-order valence-corrected chi connectivity index (χ0v) is 17.0. The summed E-state index contributed by atoms with van der Waals surface area (Å²) in [6.07, 6.45) is 4.25. The summed E-state index contributed by atoms with van der Waals surface area (Å²) in [5.74, 6) is -0.309. The van der Waals surface area contributed by atoms with Gasteiger partial charge in [0.2, 0.25) is 0 Å². The van der Waals surface area contributed by atoms with Crippen molar-refractivity contribution in [1.29, 1.82) is 5.26 Å². The van der Waals surface area contributed by atoms with E-state index in [2.05, 4.69) is 23.1 Å². The number of amides is 2. The highest BCUT2D eigenvalue weighted by Crippen LogP contribution is 2.34. The highest BCUT2D eigenvalue weighted by Gasteiger charge is 2.35. The van der Waals surface area contributed by atoms with Gasteiger partial charge >= 0.3 is 0 Å². The Morgan fingerprint density at radius 1 is 1.14 bits per heavy atom. The molecular formula is C23H21N3O2S. The van der Waals surface area contributed by atoms with E-state index in [1.54, 1.807) is 30.3 Å². The number of nitriles is 1. The maximum atomic E-state index is 12.8. The Bertz CT molecular complexity index is 1050. The van der Waals surface area contributed by atoms with Crippen LogP contribution >= 0.6 is 11.8 Å². The Hall–Kier alpha value is -3.04. The van der Waals surface area contributed by atoms with Crippen LogP contribution in [0.1, 0.15) is 35.1 Å². The number of hydrogen-bond donors (Lipinski definition) is 0. The summed E-state index contributed by atoms with van der Waals surface area (Å²) in [6, 6.07) is 15.4. The van der Waals surface area contributed by atoms with Crippen molar-refractivity contribution in [2.24, 2.45) is 0 Å². The third-order valence-electron chi connectivity index (χ3n) is 5.35. The van der Waals surface area contributed by atoms with Gasteiger partial charge < -0.3 is 4.90 Å². The van der Waals surface area contributed by atoms with Crippen molar-refractivity contribution in [3.8, 4) is 6.07 Å². The molecule has 0 N–H and O–H groups in total. The van der Waals surface area contributed by atoms with E-state index >= 15 is 0 Å². The number of hydrogen-bond acceptors (Lipinski definition) is 5. The minimum absolute atomic E-state index is 0.110. The van der Waals surface area contributed by atoms with Gasteiger partial charge in [0.1, 0.15) is 0 Å². The van der Waals surface area contributed by atoms with Crippen molar-refractivity contribution in [1.82, 2.24) is 4.90 Å². The van der Waals surface area contributed by atoms with E-state index in [1.165, 1.54) is 23.4 Å². The van der Waals surface area contributed by atoms with Gasteiger partial charge in [0.25, 0.3) is 11.1 Å². The molecule has 2 aromatic rings. The molecule has 0 bridgehead atoms. The second kappa shape index (κ2) is 8.14. The molecule has 0 radical (unpaired) electrons. The third kappa shape index (κ3) is 3.92. The fourth-order valence-electron chi connectivity index (χ4n) is 3.71. The number of nitrogens with zero attached hydrogens (tertiary/aromatic N) is 3. The van der Waals surface area contributed by atoms with E-state index in [-0.39, 0.29) is 17.7 Å². The molecule has 2 aliphatic heterocycles. The lowest BCUT2D eigenvalue weighted by Gasteiger charge is -2.18. The predicted octanol–water partition coefficient (Wildman–Crippen LogP) is 4.70. The average molecular weight is 404 g/mol. The van der Waals surface area contributed by atoms with E-state index in [9.17, 15) is 14.9 Å². The van der Waals surface area contributed by atoms with Crippen LogP contribution in [0.2, 0.25) is 0 Å². The minimum Gasteiger partial charge on any atom is -0.372 e.